The van der Waals surface area contributed by atoms with Crippen molar-refractivity contribution in [2.75, 3.05) is 20.0 Å². The molecule has 1 aromatic carbocycles. The van der Waals surface area contributed by atoms with E-state index in [-0.39, 0.29) is 0 Å². The first-order valence-electron chi connectivity index (χ1n) is 5.52. The molecule has 0 aliphatic heterocycles. The van der Waals surface area contributed by atoms with Crippen LogP contribution < -0.4 is 15.2 Å². The molecule has 1 aromatic heterocycles. The van der Waals surface area contributed by atoms with Gasteiger partial charge in [0.25, 0.3) is 5.88 Å². The number of anilines is 1. The fourth-order valence-corrected chi connectivity index (χ4v) is 1.73. The van der Waals surface area contributed by atoms with Crippen molar-refractivity contribution >= 4 is 5.69 Å². The second-order valence-corrected chi connectivity index (χ2v) is 3.79. The highest BCUT2D eigenvalue weighted by molar-refractivity contribution is 5.48. The molecule has 2 rings (SSSR count). The fraction of sp³-hybridized carbons (Fsp3) is 0.231. The zero-order chi connectivity index (χ0) is 13.0. The first-order chi connectivity index (χ1) is 8.74. The van der Waals surface area contributed by atoms with Crippen LogP contribution in [0.5, 0.6) is 11.6 Å². The lowest BCUT2D eigenvalue weighted by Gasteiger charge is -2.08. The Morgan fingerprint density at radius 2 is 1.89 bits per heavy atom. The summed E-state index contributed by atoms with van der Waals surface area (Å²) in [5.41, 5.74) is 8.10. The number of benzene rings is 1. The molecule has 0 amide bonds. The number of aromatic nitrogens is 2. The molecule has 0 spiro atoms. The van der Waals surface area contributed by atoms with Gasteiger partial charge in [0.1, 0.15) is 5.75 Å². The molecule has 5 nitrogen and oxygen atoms in total. The number of ether oxygens (including phenoxy) is 2. The van der Waals surface area contributed by atoms with Crippen LogP contribution in [0.1, 0.15) is 11.3 Å². The van der Waals surface area contributed by atoms with E-state index in [1.165, 1.54) is 7.11 Å². The molecule has 0 bridgehead atoms. The Balaban J connectivity index is 2.26. The fourth-order valence-electron chi connectivity index (χ4n) is 1.73. The van der Waals surface area contributed by atoms with Crippen LogP contribution in [0.2, 0.25) is 0 Å². The maximum atomic E-state index is 5.80. The molecule has 2 aromatic rings. The lowest BCUT2D eigenvalue weighted by molar-refractivity contribution is 0.393. The van der Waals surface area contributed by atoms with Gasteiger partial charge in [0, 0.05) is 12.0 Å². The highest BCUT2D eigenvalue weighted by Gasteiger charge is 2.07. The van der Waals surface area contributed by atoms with Crippen LogP contribution in [-0.2, 0) is 6.42 Å². The number of nitrogens with two attached hydrogens (primary N) is 1. The zero-order valence-electron chi connectivity index (χ0n) is 10.4. The van der Waals surface area contributed by atoms with Crippen LogP contribution in [0.4, 0.5) is 5.69 Å². The van der Waals surface area contributed by atoms with E-state index in [1.54, 1.807) is 13.2 Å². The predicted octanol–water partition coefficient (Wildman–Crippen LogP) is 1.67. The molecule has 0 aliphatic rings. The van der Waals surface area contributed by atoms with Crippen molar-refractivity contribution < 1.29 is 9.47 Å². The normalized spacial score (nSPS) is 10.1. The third-order valence-electron chi connectivity index (χ3n) is 2.60. The third kappa shape index (κ3) is 2.51. The van der Waals surface area contributed by atoms with E-state index < -0.39 is 0 Å². The first kappa shape index (κ1) is 12.2. The molecule has 2 N–H and O–H groups in total. The SMILES string of the molecule is COc1ccccc1Cc1cc(N)c(OC)nn1. The number of para-hydroxylation sites is 1. The van der Waals surface area contributed by atoms with Gasteiger partial charge in [-0.15, -0.1) is 5.10 Å². The van der Waals surface area contributed by atoms with Gasteiger partial charge in [-0.25, -0.2) is 0 Å². The quantitative estimate of drug-likeness (QED) is 0.887. The van der Waals surface area contributed by atoms with Gasteiger partial charge in [0.15, 0.2) is 0 Å². The molecule has 18 heavy (non-hydrogen) atoms. The Kier molecular flexibility index (Phi) is 3.62. The molecule has 0 saturated carbocycles. The van der Waals surface area contributed by atoms with E-state index in [2.05, 4.69) is 10.2 Å². The summed E-state index contributed by atoms with van der Waals surface area (Å²) in [5, 5.41) is 7.98. The Hall–Kier alpha value is -2.30. The highest BCUT2D eigenvalue weighted by Crippen LogP contribution is 2.22. The standard InChI is InChI=1S/C13H15N3O2/c1-17-12-6-4-3-5-9(12)7-10-8-11(14)13(18-2)16-15-10/h3-6,8H,7H2,1-2H3,(H2,14,15). The molecule has 0 radical (unpaired) electrons. The topological polar surface area (TPSA) is 70.3 Å². The summed E-state index contributed by atoms with van der Waals surface area (Å²) in [6.07, 6.45) is 0.616. The molecule has 0 unspecified atom stereocenters. The van der Waals surface area contributed by atoms with Gasteiger partial charge >= 0.3 is 0 Å². The summed E-state index contributed by atoms with van der Waals surface area (Å²) in [7, 11) is 3.16. The maximum Gasteiger partial charge on any atom is 0.256 e. The van der Waals surface area contributed by atoms with Crippen molar-refractivity contribution in [1.82, 2.24) is 10.2 Å². The summed E-state index contributed by atoms with van der Waals surface area (Å²) in [4.78, 5) is 0. The molecular formula is C13H15N3O2. The summed E-state index contributed by atoms with van der Waals surface area (Å²) in [5.74, 6) is 1.17. The van der Waals surface area contributed by atoms with Crippen molar-refractivity contribution in [3.05, 3.63) is 41.6 Å². The molecule has 0 saturated heterocycles. The number of hydrogen-bond acceptors (Lipinski definition) is 5. The Bertz CT molecular complexity index is 544. The van der Waals surface area contributed by atoms with Crippen molar-refractivity contribution in [2.45, 2.75) is 6.42 Å². The lowest BCUT2D eigenvalue weighted by Crippen LogP contribution is -2.02. The van der Waals surface area contributed by atoms with Crippen LogP contribution in [0.3, 0.4) is 0 Å². The van der Waals surface area contributed by atoms with Crippen molar-refractivity contribution in [2.24, 2.45) is 0 Å². The van der Waals surface area contributed by atoms with Gasteiger partial charge in [-0.05, 0) is 12.1 Å². The van der Waals surface area contributed by atoms with Crippen LogP contribution in [0, 0.1) is 0 Å². The van der Waals surface area contributed by atoms with E-state index in [9.17, 15) is 0 Å². The van der Waals surface area contributed by atoms with Gasteiger partial charge in [0.2, 0.25) is 0 Å². The molecule has 0 fully saturated rings. The van der Waals surface area contributed by atoms with E-state index in [0.29, 0.717) is 18.0 Å². The highest BCUT2D eigenvalue weighted by atomic mass is 16.5. The minimum Gasteiger partial charge on any atom is -0.496 e. The summed E-state index contributed by atoms with van der Waals surface area (Å²) in [6, 6.07) is 9.55. The van der Waals surface area contributed by atoms with Crippen molar-refractivity contribution in [3.63, 3.8) is 0 Å². The molecule has 5 heteroatoms. The van der Waals surface area contributed by atoms with Gasteiger partial charge < -0.3 is 15.2 Å². The molecule has 0 aliphatic carbocycles. The van der Waals surface area contributed by atoms with E-state index in [0.717, 1.165) is 17.0 Å². The van der Waals surface area contributed by atoms with Crippen molar-refractivity contribution in [1.29, 1.82) is 0 Å². The maximum absolute atomic E-state index is 5.80. The summed E-state index contributed by atoms with van der Waals surface area (Å²) >= 11 is 0. The molecule has 0 atom stereocenters. The van der Waals surface area contributed by atoms with Crippen LogP contribution in [-0.4, -0.2) is 24.4 Å². The number of nitrogen functional groups attached to an aromatic ring is 1. The molecule has 94 valence electrons. The number of methoxy groups -OCH3 is 2. The van der Waals surface area contributed by atoms with Gasteiger partial charge in [-0.3, -0.25) is 0 Å². The average molecular weight is 245 g/mol. The smallest absolute Gasteiger partial charge is 0.256 e. The van der Waals surface area contributed by atoms with Crippen LogP contribution in [0.25, 0.3) is 0 Å². The van der Waals surface area contributed by atoms with Gasteiger partial charge in [0.05, 0.1) is 25.6 Å². The Morgan fingerprint density at radius 3 is 2.56 bits per heavy atom. The lowest BCUT2D eigenvalue weighted by atomic mass is 10.1. The minimum absolute atomic E-state index is 0.346. The summed E-state index contributed by atoms with van der Waals surface area (Å²) in [6.45, 7) is 0. The molecule has 1 heterocycles. The van der Waals surface area contributed by atoms with Crippen molar-refractivity contribution in [3.8, 4) is 11.6 Å². The summed E-state index contributed by atoms with van der Waals surface area (Å²) < 4.78 is 10.3. The second kappa shape index (κ2) is 5.35. The number of nitrogens with zero attached hydrogens (tertiary/aromatic N) is 2. The van der Waals surface area contributed by atoms with E-state index in [4.69, 9.17) is 15.2 Å². The predicted molar refractivity (Wildman–Crippen MR) is 68.8 cm³/mol. The first-order valence-corrected chi connectivity index (χ1v) is 5.52. The largest absolute Gasteiger partial charge is 0.496 e. The zero-order valence-corrected chi connectivity index (χ0v) is 10.4. The Morgan fingerprint density at radius 1 is 1.11 bits per heavy atom. The molecular weight excluding hydrogens is 230 g/mol. The second-order valence-electron chi connectivity index (χ2n) is 3.79. The average Bonchev–Trinajstić information content (AvgIpc) is 2.39. The number of rotatable bonds is 4. The Labute approximate surface area is 106 Å². The van der Waals surface area contributed by atoms with Crippen LogP contribution in [0.15, 0.2) is 30.3 Å². The minimum atomic E-state index is 0.346. The van der Waals surface area contributed by atoms with Gasteiger partial charge in [-0.1, -0.05) is 18.2 Å². The van der Waals surface area contributed by atoms with E-state index >= 15 is 0 Å². The van der Waals surface area contributed by atoms with Gasteiger partial charge in [-0.2, -0.15) is 5.10 Å². The van der Waals surface area contributed by atoms with E-state index in [1.807, 2.05) is 24.3 Å². The monoisotopic (exact) mass is 245 g/mol. The third-order valence-corrected chi connectivity index (χ3v) is 2.60. The number of hydrogen-bond donors (Lipinski definition) is 1. The van der Waals surface area contributed by atoms with Crippen LogP contribution >= 0.6 is 0 Å².